The molecule has 0 saturated heterocycles. The van der Waals surface area contributed by atoms with Crippen LogP contribution < -0.4 is 14.8 Å². The third-order valence-electron chi connectivity index (χ3n) is 3.76. The number of benzene rings is 1. The van der Waals surface area contributed by atoms with E-state index in [0.29, 0.717) is 12.6 Å². The molecule has 0 unspecified atom stereocenters. The van der Waals surface area contributed by atoms with Crippen molar-refractivity contribution in [1.82, 2.24) is 5.32 Å². The van der Waals surface area contributed by atoms with Crippen LogP contribution in [-0.2, 0) is 6.54 Å². The fourth-order valence-electron chi connectivity index (χ4n) is 2.73. The average molecular weight is 300 g/mol. The molecule has 1 aromatic carbocycles. The summed E-state index contributed by atoms with van der Waals surface area (Å²) in [5.74, 6) is 1.71. The van der Waals surface area contributed by atoms with E-state index >= 15 is 0 Å². The average Bonchev–Trinajstić information content (AvgIpc) is 2.47. The van der Waals surface area contributed by atoms with Gasteiger partial charge in [0.25, 0.3) is 0 Å². The fraction of sp³-hybridized carbons (Fsp3) is 0.625. The summed E-state index contributed by atoms with van der Waals surface area (Å²) in [6.07, 6.45) is 6.70. The zero-order chi connectivity index (χ0) is 13.5. The van der Waals surface area contributed by atoms with Crippen LogP contribution in [0.25, 0.3) is 0 Å². The Morgan fingerprint density at radius 2 is 1.95 bits per heavy atom. The van der Waals surface area contributed by atoms with Gasteiger partial charge in [0, 0.05) is 18.2 Å². The van der Waals surface area contributed by atoms with Gasteiger partial charge < -0.3 is 14.8 Å². The molecular formula is C16H26ClNO2. The molecule has 0 heterocycles. The van der Waals surface area contributed by atoms with Gasteiger partial charge in [-0.1, -0.05) is 31.4 Å². The molecule has 1 aliphatic carbocycles. The Morgan fingerprint density at radius 3 is 2.60 bits per heavy atom. The van der Waals surface area contributed by atoms with E-state index in [4.69, 9.17) is 9.47 Å². The lowest BCUT2D eigenvalue weighted by atomic mass is 9.95. The zero-order valence-electron chi connectivity index (χ0n) is 12.5. The predicted octanol–water partition coefficient (Wildman–Crippen LogP) is 3.94. The minimum Gasteiger partial charge on any atom is -0.493 e. The van der Waals surface area contributed by atoms with E-state index in [1.165, 1.54) is 37.7 Å². The molecule has 0 spiro atoms. The van der Waals surface area contributed by atoms with Crippen LogP contribution in [0.4, 0.5) is 0 Å². The Balaban J connectivity index is 0.00000200. The summed E-state index contributed by atoms with van der Waals surface area (Å²) in [5.41, 5.74) is 1.19. The van der Waals surface area contributed by atoms with Crippen molar-refractivity contribution in [3.8, 4) is 11.5 Å². The highest BCUT2D eigenvalue weighted by Crippen LogP contribution is 2.31. The molecule has 1 aliphatic rings. The number of halogens is 1. The molecule has 0 aliphatic heterocycles. The zero-order valence-corrected chi connectivity index (χ0v) is 13.3. The molecule has 1 saturated carbocycles. The predicted molar refractivity (Wildman–Crippen MR) is 85.1 cm³/mol. The molecular weight excluding hydrogens is 274 g/mol. The first-order valence-corrected chi connectivity index (χ1v) is 7.37. The first-order valence-electron chi connectivity index (χ1n) is 7.37. The second-order valence-corrected chi connectivity index (χ2v) is 5.10. The highest BCUT2D eigenvalue weighted by molar-refractivity contribution is 5.85. The summed E-state index contributed by atoms with van der Waals surface area (Å²) in [6, 6.07) is 6.76. The van der Waals surface area contributed by atoms with E-state index in [1.807, 2.05) is 19.1 Å². The quantitative estimate of drug-likeness (QED) is 0.863. The molecule has 3 nitrogen and oxygen atoms in total. The van der Waals surface area contributed by atoms with Crippen LogP contribution in [0, 0.1) is 0 Å². The molecule has 1 fully saturated rings. The van der Waals surface area contributed by atoms with E-state index in [2.05, 4.69) is 11.4 Å². The van der Waals surface area contributed by atoms with E-state index < -0.39 is 0 Å². The molecule has 0 radical (unpaired) electrons. The summed E-state index contributed by atoms with van der Waals surface area (Å²) in [6.45, 7) is 3.53. The van der Waals surface area contributed by atoms with Crippen LogP contribution in [0.3, 0.4) is 0 Å². The molecule has 114 valence electrons. The molecule has 0 bridgehead atoms. The second-order valence-electron chi connectivity index (χ2n) is 5.10. The summed E-state index contributed by atoms with van der Waals surface area (Å²) < 4.78 is 11.1. The molecule has 0 amide bonds. The van der Waals surface area contributed by atoms with Crippen LogP contribution in [0.2, 0.25) is 0 Å². The lowest BCUT2D eigenvalue weighted by Crippen LogP contribution is -2.30. The van der Waals surface area contributed by atoms with E-state index in [-0.39, 0.29) is 12.4 Å². The van der Waals surface area contributed by atoms with Crippen molar-refractivity contribution < 1.29 is 9.47 Å². The van der Waals surface area contributed by atoms with Gasteiger partial charge in [-0.2, -0.15) is 0 Å². The van der Waals surface area contributed by atoms with E-state index in [9.17, 15) is 0 Å². The van der Waals surface area contributed by atoms with Crippen LogP contribution >= 0.6 is 12.4 Å². The van der Waals surface area contributed by atoms with Crippen LogP contribution in [0.5, 0.6) is 11.5 Å². The van der Waals surface area contributed by atoms with Gasteiger partial charge in [-0.05, 0) is 25.8 Å². The minimum absolute atomic E-state index is 0. The summed E-state index contributed by atoms with van der Waals surface area (Å²) in [5, 5.41) is 3.65. The third kappa shape index (κ3) is 4.57. The van der Waals surface area contributed by atoms with Crippen molar-refractivity contribution in [3.05, 3.63) is 23.8 Å². The van der Waals surface area contributed by atoms with Gasteiger partial charge in [-0.25, -0.2) is 0 Å². The van der Waals surface area contributed by atoms with E-state index in [1.54, 1.807) is 7.11 Å². The van der Waals surface area contributed by atoms with Gasteiger partial charge in [0.15, 0.2) is 11.5 Å². The summed E-state index contributed by atoms with van der Waals surface area (Å²) in [4.78, 5) is 0. The standard InChI is InChI=1S/C16H25NO2.ClH/c1-3-19-16-13(8-7-11-15(16)18-2)12-17-14-9-5-4-6-10-14;/h7-8,11,14,17H,3-6,9-10,12H2,1-2H3;1H. The summed E-state index contributed by atoms with van der Waals surface area (Å²) >= 11 is 0. The number of ether oxygens (including phenoxy) is 2. The van der Waals surface area contributed by atoms with Crippen molar-refractivity contribution in [2.75, 3.05) is 13.7 Å². The molecule has 0 atom stereocenters. The molecule has 1 N–H and O–H groups in total. The Labute approximate surface area is 128 Å². The van der Waals surface area contributed by atoms with Gasteiger partial charge in [0.2, 0.25) is 0 Å². The lowest BCUT2D eigenvalue weighted by Gasteiger charge is -2.23. The van der Waals surface area contributed by atoms with Gasteiger partial charge in [0.05, 0.1) is 13.7 Å². The Morgan fingerprint density at radius 1 is 1.20 bits per heavy atom. The SMILES string of the molecule is CCOc1c(CNC2CCCCC2)cccc1OC.Cl. The summed E-state index contributed by atoms with van der Waals surface area (Å²) in [7, 11) is 1.69. The highest BCUT2D eigenvalue weighted by atomic mass is 35.5. The number of nitrogens with one attached hydrogen (secondary N) is 1. The van der Waals surface area contributed by atoms with Gasteiger partial charge in [0.1, 0.15) is 0 Å². The van der Waals surface area contributed by atoms with Gasteiger partial charge >= 0.3 is 0 Å². The maximum atomic E-state index is 5.73. The van der Waals surface area contributed by atoms with Crippen molar-refractivity contribution in [1.29, 1.82) is 0 Å². The maximum Gasteiger partial charge on any atom is 0.165 e. The number of hydrogen-bond acceptors (Lipinski definition) is 3. The lowest BCUT2D eigenvalue weighted by molar-refractivity contribution is 0.304. The van der Waals surface area contributed by atoms with Crippen molar-refractivity contribution in [2.24, 2.45) is 0 Å². The van der Waals surface area contributed by atoms with Crippen molar-refractivity contribution >= 4 is 12.4 Å². The van der Waals surface area contributed by atoms with E-state index in [0.717, 1.165) is 18.0 Å². The highest BCUT2D eigenvalue weighted by Gasteiger charge is 2.15. The van der Waals surface area contributed by atoms with Crippen LogP contribution in [0.15, 0.2) is 18.2 Å². The van der Waals surface area contributed by atoms with Crippen LogP contribution in [0.1, 0.15) is 44.6 Å². The molecule has 20 heavy (non-hydrogen) atoms. The fourth-order valence-corrected chi connectivity index (χ4v) is 2.73. The largest absolute Gasteiger partial charge is 0.493 e. The smallest absolute Gasteiger partial charge is 0.165 e. The molecule has 0 aromatic heterocycles. The number of rotatable bonds is 6. The molecule has 2 rings (SSSR count). The number of methoxy groups -OCH3 is 1. The maximum absolute atomic E-state index is 5.73. The third-order valence-corrected chi connectivity index (χ3v) is 3.76. The molecule has 4 heteroatoms. The second kappa shape index (κ2) is 9.09. The molecule has 1 aromatic rings. The topological polar surface area (TPSA) is 30.5 Å². The van der Waals surface area contributed by atoms with Crippen molar-refractivity contribution in [2.45, 2.75) is 51.6 Å². The monoisotopic (exact) mass is 299 g/mol. The number of hydrogen-bond donors (Lipinski definition) is 1. The normalized spacial score (nSPS) is 15.5. The Hall–Kier alpha value is -0.930. The Kier molecular flexibility index (Phi) is 7.78. The Bertz CT molecular complexity index is 392. The number of para-hydroxylation sites is 1. The first-order chi connectivity index (χ1) is 9.35. The van der Waals surface area contributed by atoms with Gasteiger partial charge in [-0.3, -0.25) is 0 Å². The minimum atomic E-state index is 0. The van der Waals surface area contributed by atoms with Crippen LogP contribution in [-0.4, -0.2) is 19.8 Å². The van der Waals surface area contributed by atoms with Gasteiger partial charge in [-0.15, -0.1) is 12.4 Å². The first kappa shape index (κ1) is 17.1. The van der Waals surface area contributed by atoms with Crippen molar-refractivity contribution in [3.63, 3.8) is 0 Å².